The summed E-state index contributed by atoms with van der Waals surface area (Å²) in [6.07, 6.45) is 0.182. The molecule has 0 aromatic heterocycles. The molecule has 7 heteroatoms. The van der Waals surface area contributed by atoms with Crippen LogP contribution in [-0.4, -0.2) is 39.2 Å². The van der Waals surface area contributed by atoms with E-state index in [9.17, 15) is 19.8 Å². The predicted octanol–water partition coefficient (Wildman–Crippen LogP) is 0.805. The Kier molecular flexibility index (Phi) is 5.74. The summed E-state index contributed by atoms with van der Waals surface area (Å²) in [5, 5.41) is 27.9. The maximum Gasteiger partial charge on any atom is 0.320 e. The minimum absolute atomic E-state index is 0.0530. The summed E-state index contributed by atoms with van der Waals surface area (Å²) in [6.45, 7) is 0. The van der Waals surface area contributed by atoms with Crippen LogP contribution in [0.2, 0.25) is 0 Å². The van der Waals surface area contributed by atoms with E-state index in [0.29, 0.717) is 5.56 Å². The third-order valence-corrected chi connectivity index (χ3v) is 3.84. The molecule has 0 aliphatic rings. The average Bonchev–Trinajstić information content (AvgIpc) is 2.57. The quantitative estimate of drug-likeness (QED) is 0.467. The van der Waals surface area contributed by atoms with Gasteiger partial charge in [0.1, 0.15) is 17.5 Å². The number of phenolic OH excluding ortho intramolecular Hbond substituents is 2. The zero-order chi connectivity index (χ0) is 18.6. The molecule has 2 rings (SSSR count). The van der Waals surface area contributed by atoms with Crippen LogP contribution in [-0.2, 0) is 17.6 Å². The maximum absolute atomic E-state index is 12.7. The Hall–Kier alpha value is -2.90. The fourth-order valence-electron chi connectivity index (χ4n) is 2.47. The van der Waals surface area contributed by atoms with Crippen molar-refractivity contribution in [2.24, 2.45) is 11.5 Å². The number of ketones is 1. The first-order chi connectivity index (χ1) is 11.8. The lowest BCUT2D eigenvalue weighted by molar-refractivity contribution is -0.138. The van der Waals surface area contributed by atoms with Crippen LogP contribution in [0.4, 0.5) is 0 Å². The Bertz CT molecular complexity index is 774. The molecule has 0 unspecified atom stereocenters. The van der Waals surface area contributed by atoms with Crippen LogP contribution >= 0.6 is 0 Å². The molecule has 2 atom stereocenters. The van der Waals surface area contributed by atoms with E-state index in [-0.39, 0.29) is 29.9 Å². The van der Waals surface area contributed by atoms with Crippen LogP contribution < -0.4 is 11.5 Å². The van der Waals surface area contributed by atoms with E-state index in [0.717, 1.165) is 5.56 Å². The van der Waals surface area contributed by atoms with E-state index >= 15 is 0 Å². The predicted molar refractivity (Wildman–Crippen MR) is 91.5 cm³/mol. The minimum atomic E-state index is -1.18. The van der Waals surface area contributed by atoms with Crippen molar-refractivity contribution in [3.8, 4) is 11.5 Å². The van der Waals surface area contributed by atoms with Crippen molar-refractivity contribution in [2.75, 3.05) is 0 Å². The number of benzene rings is 2. The fourth-order valence-corrected chi connectivity index (χ4v) is 2.47. The van der Waals surface area contributed by atoms with Crippen molar-refractivity contribution in [2.45, 2.75) is 24.9 Å². The van der Waals surface area contributed by atoms with Gasteiger partial charge in [-0.05, 0) is 48.2 Å². The van der Waals surface area contributed by atoms with Crippen LogP contribution in [0.1, 0.15) is 21.5 Å². The Morgan fingerprint density at radius 3 is 2.08 bits per heavy atom. The second-order valence-corrected chi connectivity index (χ2v) is 5.83. The van der Waals surface area contributed by atoms with Gasteiger partial charge in [0.05, 0.1) is 6.04 Å². The molecule has 2 aromatic rings. The highest BCUT2D eigenvalue weighted by atomic mass is 16.4. The van der Waals surface area contributed by atoms with Crippen molar-refractivity contribution < 1.29 is 24.9 Å². The Morgan fingerprint density at radius 1 is 0.880 bits per heavy atom. The van der Waals surface area contributed by atoms with Crippen molar-refractivity contribution >= 4 is 11.8 Å². The summed E-state index contributed by atoms with van der Waals surface area (Å²) in [7, 11) is 0. The molecule has 25 heavy (non-hydrogen) atoms. The molecular weight excluding hydrogens is 324 g/mol. The first-order valence-corrected chi connectivity index (χ1v) is 7.66. The van der Waals surface area contributed by atoms with Gasteiger partial charge in [-0.1, -0.05) is 18.2 Å². The third-order valence-electron chi connectivity index (χ3n) is 3.84. The van der Waals surface area contributed by atoms with Gasteiger partial charge in [-0.2, -0.15) is 0 Å². The zero-order valence-electron chi connectivity index (χ0n) is 13.4. The summed E-state index contributed by atoms with van der Waals surface area (Å²) in [5.74, 6) is -1.61. The van der Waals surface area contributed by atoms with E-state index in [1.54, 1.807) is 12.1 Å². The topological polar surface area (TPSA) is 147 Å². The van der Waals surface area contributed by atoms with Gasteiger partial charge in [0.25, 0.3) is 0 Å². The van der Waals surface area contributed by atoms with Crippen molar-refractivity contribution in [1.82, 2.24) is 0 Å². The number of carboxylic acids is 1. The normalized spacial score (nSPS) is 13.2. The number of hydrogen-bond acceptors (Lipinski definition) is 6. The lowest BCUT2D eigenvalue weighted by Gasteiger charge is -2.16. The zero-order valence-corrected chi connectivity index (χ0v) is 13.4. The van der Waals surface area contributed by atoms with Crippen molar-refractivity contribution in [3.05, 3.63) is 59.2 Å². The van der Waals surface area contributed by atoms with Gasteiger partial charge in [0, 0.05) is 5.56 Å². The first kappa shape index (κ1) is 18.4. The summed E-state index contributed by atoms with van der Waals surface area (Å²) in [5.41, 5.74) is 12.9. The number of carboxylic acid groups (broad SMARTS) is 1. The number of aliphatic carboxylic acids is 1. The van der Waals surface area contributed by atoms with E-state index < -0.39 is 23.8 Å². The molecule has 0 fully saturated rings. The van der Waals surface area contributed by atoms with Crippen LogP contribution in [0.5, 0.6) is 11.5 Å². The lowest BCUT2D eigenvalue weighted by atomic mass is 9.92. The van der Waals surface area contributed by atoms with Crippen molar-refractivity contribution in [3.63, 3.8) is 0 Å². The summed E-state index contributed by atoms with van der Waals surface area (Å²) in [4.78, 5) is 23.6. The van der Waals surface area contributed by atoms with Gasteiger partial charge in [0.2, 0.25) is 0 Å². The van der Waals surface area contributed by atoms with Gasteiger partial charge in [0.15, 0.2) is 5.78 Å². The molecule has 0 aliphatic heterocycles. The molecule has 0 spiro atoms. The molecule has 7 N–H and O–H groups in total. The number of carbonyl (C=O) groups excluding carboxylic acids is 1. The molecule has 0 saturated carbocycles. The lowest BCUT2D eigenvalue weighted by Crippen LogP contribution is -2.35. The molecule has 7 nitrogen and oxygen atoms in total. The highest BCUT2D eigenvalue weighted by molar-refractivity contribution is 6.01. The molecule has 0 radical (unpaired) electrons. The Morgan fingerprint density at radius 2 is 1.48 bits per heavy atom. The summed E-state index contributed by atoms with van der Waals surface area (Å²) >= 11 is 0. The molecule has 0 aliphatic carbocycles. The van der Waals surface area contributed by atoms with E-state index in [1.807, 2.05) is 0 Å². The molecule has 0 saturated heterocycles. The summed E-state index contributed by atoms with van der Waals surface area (Å²) < 4.78 is 0. The minimum Gasteiger partial charge on any atom is -0.508 e. The third kappa shape index (κ3) is 4.79. The smallest absolute Gasteiger partial charge is 0.320 e. The number of carbonyl (C=O) groups is 2. The first-order valence-electron chi connectivity index (χ1n) is 7.66. The number of phenols is 2. The molecule has 2 aromatic carbocycles. The largest absolute Gasteiger partial charge is 0.508 e. The number of Topliss-reactive ketones (excluding diaryl/α,β-unsaturated/α-hetero) is 1. The van der Waals surface area contributed by atoms with Crippen molar-refractivity contribution in [1.29, 1.82) is 0 Å². The molecule has 132 valence electrons. The van der Waals surface area contributed by atoms with Gasteiger partial charge < -0.3 is 26.8 Å². The van der Waals surface area contributed by atoms with Gasteiger partial charge in [-0.3, -0.25) is 9.59 Å². The molecule has 0 bridgehead atoms. The SMILES string of the molecule is N[C@@H](Cc1ccc(O)cc1C(=O)[C@@H](N)Cc1ccc(O)cc1)C(=O)O. The fraction of sp³-hybridized carbons (Fsp3) is 0.222. The average molecular weight is 344 g/mol. The van der Waals surface area contributed by atoms with E-state index in [4.69, 9.17) is 16.6 Å². The Labute approximate surface area is 144 Å². The number of nitrogens with two attached hydrogens (primary N) is 2. The summed E-state index contributed by atoms with van der Waals surface area (Å²) in [6, 6.07) is 8.37. The van der Waals surface area contributed by atoms with Gasteiger partial charge in [-0.25, -0.2) is 0 Å². The monoisotopic (exact) mass is 344 g/mol. The highest BCUT2D eigenvalue weighted by Crippen LogP contribution is 2.21. The molecule has 0 heterocycles. The van der Waals surface area contributed by atoms with E-state index in [2.05, 4.69) is 0 Å². The maximum atomic E-state index is 12.7. The number of rotatable bonds is 7. The number of hydrogen-bond donors (Lipinski definition) is 5. The van der Waals surface area contributed by atoms with E-state index in [1.165, 1.54) is 30.3 Å². The second kappa shape index (κ2) is 7.78. The number of aromatic hydroxyl groups is 2. The Balaban J connectivity index is 2.23. The van der Waals surface area contributed by atoms with Crippen LogP contribution in [0, 0.1) is 0 Å². The van der Waals surface area contributed by atoms with Crippen LogP contribution in [0.3, 0.4) is 0 Å². The van der Waals surface area contributed by atoms with Gasteiger partial charge in [-0.15, -0.1) is 0 Å². The molecule has 0 amide bonds. The van der Waals surface area contributed by atoms with Gasteiger partial charge >= 0.3 is 5.97 Å². The molecular formula is C18H20N2O5. The standard InChI is InChI=1S/C18H20N2O5/c19-15(7-10-1-4-12(21)5-2-10)17(23)14-9-13(22)6-3-11(14)8-16(20)18(24)25/h1-6,9,15-16,21-22H,7-8,19-20H2,(H,24,25)/t15-,16-/m0/s1. The van der Waals surface area contributed by atoms with Crippen LogP contribution in [0.15, 0.2) is 42.5 Å². The van der Waals surface area contributed by atoms with Crippen LogP contribution in [0.25, 0.3) is 0 Å². The second-order valence-electron chi connectivity index (χ2n) is 5.83. The highest BCUT2D eigenvalue weighted by Gasteiger charge is 2.22.